The normalized spacial score (nSPS) is 12.7. The van der Waals surface area contributed by atoms with Crippen molar-refractivity contribution >= 4 is 32.7 Å². The van der Waals surface area contributed by atoms with Crippen molar-refractivity contribution in [3.05, 3.63) is 199 Å². The lowest BCUT2D eigenvalue weighted by Crippen LogP contribution is -2.18. The van der Waals surface area contributed by atoms with Crippen molar-refractivity contribution in [2.45, 2.75) is 105 Å². The molecule has 0 radical (unpaired) electrons. The highest BCUT2D eigenvalue weighted by Crippen LogP contribution is 2.29. The Morgan fingerprint density at radius 2 is 0.458 bits per heavy atom. The summed E-state index contributed by atoms with van der Waals surface area (Å²) >= 11 is 0. The van der Waals surface area contributed by atoms with E-state index in [1.807, 2.05) is 0 Å². The van der Waals surface area contributed by atoms with Crippen molar-refractivity contribution in [1.29, 1.82) is 0 Å². The Labute approximate surface area is 428 Å². The molecule has 0 aromatic heterocycles. The van der Waals surface area contributed by atoms with E-state index in [2.05, 4.69) is 299 Å². The molecule has 0 nitrogen and oxygen atoms in total. The largest absolute Gasteiger partial charge is 0.0836 e. The summed E-state index contributed by atoms with van der Waals surface area (Å²) in [6, 6.07) is 42.6. The summed E-state index contributed by atoms with van der Waals surface area (Å²) in [6.45, 7) is 26.6. The van der Waals surface area contributed by atoms with Crippen LogP contribution in [0.15, 0.2) is 121 Å². The van der Waals surface area contributed by atoms with Gasteiger partial charge in [-0.15, -0.1) is 0 Å². The molecule has 0 atom stereocenters. The van der Waals surface area contributed by atoms with Crippen molar-refractivity contribution < 1.29 is 0 Å². The van der Waals surface area contributed by atoms with Crippen LogP contribution in [-0.4, -0.2) is 0 Å². The lowest BCUT2D eigenvalue weighted by atomic mass is 9.85. The zero-order valence-corrected chi connectivity index (χ0v) is 43.5. The van der Waals surface area contributed by atoms with E-state index in [1.165, 1.54) is 22.3 Å². The molecule has 0 spiro atoms. The molecular weight excluding hydrogens is 865 g/mol. The van der Waals surface area contributed by atoms with Crippen molar-refractivity contribution in [3.63, 3.8) is 0 Å². The van der Waals surface area contributed by atoms with Gasteiger partial charge in [0.05, 0.1) is 11.1 Å². The summed E-state index contributed by atoms with van der Waals surface area (Å²) < 4.78 is 0. The third kappa shape index (κ3) is 10.3. The smallest absolute Gasteiger partial charge is 0.0616 e. The van der Waals surface area contributed by atoms with E-state index < -0.39 is 0 Å². The van der Waals surface area contributed by atoms with E-state index in [9.17, 15) is 0 Å². The first-order chi connectivity index (χ1) is 34.2. The van der Waals surface area contributed by atoms with Gasteiger partial charge in [0, 0.05) is 54.9 Å². The summed E-state index contributed by atoms with van der Waals surface area (Å²) in [5.74, 6) is 55.1. The number of rotatable bonds is 0. The Balaban J connectivity index is 1.46. The van der Waals surface area contributed by atoms with Crippen LogP contribution in [0.5, 0.6) is 0 Å². The summed E-state index contributed by atoms with van der Waals surface area (Å²) in [5.41, 5.74) is 12.3. The van der Waals surface area contributed by atoms with E-state index in [0.717, 1.165) is 76.5 Å². The average molecular weight is 921 g/mol. The second-order valence-electron chi connectivity index (χ2n) is 22.6. The minimum Gasteiger partial charge on any atom is -0.0616 e. The Morgan fingerprint density at radius 1 is 0.236 bits per heavy atom. The van der Waals surface area contributed by atoms with Crippen molar-refractivity contribution in [3.8, 4) is 94.7 Å². The Kier molecular flexibility index (Phi) is 12.7. The molecule has 7 aromatic carbocycles. The highest BCUT2D eigenvalue weighted by atomic mass is 14.2. The monoisotopic (exact) mass is 920 g/mol. The maximum absolute atomic E-state index is 3.67. The number of benzene rings is 7. The summed E-state index contributed by atoms with van der Waals surface area (Å²) in [6.07, 6.45) is 0. The molecular formula is C72H56. The molecule has 2 aliphatic rings. The second kappa shape index (κ2) is 18.9. The second-order valence-corrected chi connectivity index (χ2v) is 22.6. The standard InChI is InChI=1S/C72H56/c1-69(2,3)59-41-37-49-21-13-14-22-50-38-42-60(70(4,5)6)46-56(50)34-30-53(29-33-55(49)45-59)67-63-25-17-19-27-65(63)68(66-28-20-18-26-64(66)67)54-31-35-57-47-61(71(7,8)9)43-39-51(57)23-15-16-24-52-40-44-62(72(10,11)12)48-58(52)36-32-54/h17-20,25-28,37-48H,1-12H3. The van der Waals surface area contributed by atoms with Crippen molar-refractivity contribution in [2.75, 3.05) is 0 Å². The van der Waals surface area contributed by atoms with Crippen LogP contribution in [0.1, 0.15) is 150 Å². The number of fused-ring (bicyclic) bond motifs is 6. The molecule has 72 heavy (non-hydrogen) atoms. The quantitative estimate of drug-likeness (QED) is 0.105. The molecule has 0 heteroatoms. The highest BCUT2D eigenvalue weighted by Gasteiger charge is 2.19. The summed E-state index contributed by atoms with van der Waals surface area (Å²) in [4.78, 5) is 0. The van der Waals surface area contributed by atoms with E-state index in [0.29, 0.717) is 11.1 Å². The third-order valence-corrected chi connectivity index (χ3v) is 13.2. The maximum Gasteiger partial charge on any atom is 0.0836 e. The zero-order valence-electron chi connectivity index (χ0n) is 43.5. The molecule has 7 aromatic rings. The van der Waals surface area contributed by atoms with Gasteiger partial charge in [0.15, 0.2) is 0 Å². The van der Waals surface area contributed by atoms with Crippen molar-refractivity contribution in [1.82, 2.24) is 0 Å². The molecule has 0 bridgehead atoms. The van der Waals surface area contributed by atoms with Crippen LogP contribution in [0, 0.1) is 94.7 Å². The van der Waals surface area contributed by atoms with Gasteiger partial charge in [0.25, 0.3) is 0 Å². The molecule has 9 rings (SSSR count). The third-order valence-electron chi connectivity index (χ3n) is 13.2. The predicted octanol–water partition coefficient (Wildman–Crippen LogP) is 13.1. The van der Waals surface area contributed by atoms with E-state index in [-0.39, 0.29) is 21.7 Å². The SMILES string of the molecule is CC(C)(C)c1ccc2c(c1)C#CC(=c1c3ccccc3c(=C3C#Cc4cc(C(C)(C)C)ccc4C#CC#Cc4ccc(C(C)(C)C)cc4C#C3)c3ccccc13)C#Cc1cc(C(C)(C)C)ccc1C#CC#C2. The van der Waals surface area contributed by atoms with Crippen LogP contribution in [0.25, 0.3) is 32.7 Å². The van der Waals surface area contributed by atoms with E-state index in [1.54, 1.807) is 0 Å². The Bertz CT molecular complexity index is 3610. The minimum atomic E-state index is -0.100. The summed E-state index contributed by atoms with van der Waals surface area (Å²) in [7, 11) is 0. The Morgan fingerprint density at radius 3 is 0.667 bits per heavy atom. The number of hydrogen-bond acceptors (Lipinski definition) is 0. The Hall–Kier alpha value is -8.72. The van der Waals surface area contributed by atoms with Gasteiger partial charge in [-0.3, -0.25) is 0 Å². The summed E-state index contributed by atoms with van der Waals surface area (Å²) in [5, 5.41) is 5.84. The van der Waals surface area contributed by atoms with Gasteiger partial charge >= 0.3 is 0 Å². The van der Waals surface area contributed by atoms with Crippen LogP contribution < -0.4 is 10.4 Å². The fourth-order valence-corrected chi connectivity index (χ4v) is 8.79. The molecule has 0 aliphatic heterocycles. The van der Waals surface area contributed by atoms with Crippen LogP contribution >= 0.6 is 0 Å². The molecule has 344 valence electrons. The fraction of sp³-hybridized carbons (Fsp3) is 0.222. The van der Waals surface area contributed by atoms with Gasteiger partial charge < -0.3 is 0 Å². The van der Waals surface area contributed by atoms with Gasteiger partial charge in [-0.05, 0) is 138 Å². The van der Waals surface area contributed by atoms with Crippen LogP contribution in [0.2, 0.25) is 0 Å². The number of hydrogen-bond donors (Lipinski definition) is 0. The van der Waals surface area contributed by atoms with Gasteiger partial charge in [-0.2, -0.15) is 0 Å². The molecule has 2 aliphatic carbocycles. The molecule has 0 unspecified atom stereocenters. The average Bonchev–Trinajstić information content (AvgIpc) is 3.35. The van der Waals surface area contributed by atoms with Crippen LogP contribution in [-0.2, 0) is 21.7 Å². The van der Waals surface area contributed by atoms with Gasteiger partial charge in [-0.1, -0.05) is 227 Å². The molecule has 0 heterocycles. The lowest BCUT2D eigenvalue weighted by molar-refractivity contribution is 0.590. The van der Waals surface area contributed by atoms with Crippen LogP contribution in [0.4, 0.5) is 0 Å². The molecule has 0 fully saturated rings. The lowest BCUT2D eigenvalue weighted by Gasteiger charge is -2.19. The van der Waals surface area contributed by atoms with Gasteiger partial charge in [-0.25, -0.2) is 0 Å². The van der Waals surface area contributed by atoms with E-state index in [4.69, 9.17) is 0 Å². The van der Waals surface area contributed by atoms with Gasteiger partial charge in [0.2, 0.25) is 0 Å². The zero-order chi connectivity index (χ0) is 51.0. The first-order valence-corrected chi connectivity index (χ1v) is 24.6. The molecule has 0 saturated heterocycles. The topological polar surface area (TPSA) is 0 Å². The first-order valence-electron chi connectivity index (χ1n) is 24.6. The van der Waals surface area contributed by atoms with E-state index >= 15 is 0 Å². The molecule has 0 amide bonds. The first kappa shape index (κ1) is 48.3. The molecule has 0 N–H and O–H groups in total. The maximum atomic E-state index is 3.67. The molecule has 0 saturated carbocycles. The predicted molar refractivity (Wildman–Crippen MR) is 303 cm³/mol. The van der Waals surface area contributed by atoms with Gasteiger partial charge in [0.1, 0.15) is 0 Å². The highest BCUT2D eigenvalue weighted by molar-refractivity contribution is 6.06. The van der Waals surface area contributed by atoms with Crippen molar-refractivity contribution in [2.24, 2.45) is 0 Å². The van der Waals surface area contributed by atoms with Crippen LogP contribution in [0.3, 0.4) is 0 Å². The minimum absolute atomic E-state index is 0.100. The fourth-order valence-electron chi connectivity index (χ4n) is 8.79.